The van der Waals surface area contributed by atoms with Gasteiger partial charge in [-0.25, -0.2) is 4.68 Å². The van der Waals surface area contributed by atoms with Gasteiger partial charge in [0.1, 0.15) is 0 Å². The number of aromatic nitrogens is 2. The zero-order valence-electron chi connectivity index (χ0n) is 10.7. The predicted octanol–water partition coefficient (Wildman–Crippen LogP) is 1.90. The summed E-state index contributed by atoms with van der Waals surface area (Å²) < 4.78 is 1.78. The first-order chi connectivity index (χ1) is 8.72. The van der Waals surface area contributed by atoms with Crippen molar-refractivity contribution in [3.8, 4) is 5.69 Å². The molecule has 4 nitrogen and oxygen atoms in total. The standard InChI is InChI=1S/C14H19N3O/c1-3-15-11(2)14(18)12-9-16-17(10-12)13-7-5-4-6-8-13/h4-11,14-15,18H,3H2,1-2H3. The van der Waals surface area contributed by atoms with E-state index in [0.717, 1.165) is 17.8 Å². The Balaban J connectivity index is 2.15. The summed E-state index contributed by atoms with van der Waals surface area (Å²) in [7, 11) is 0. The molecule has 0 saturated heterocycles. The van der Waals surface area contributed by atoms with Gasteiger partial charge in [0.05, 0.1) is 18.0 Å². The smallest absolute Gasteiger partial charge is 0.0970 e. The number of aliphatic hydroxyl groups excluding tert-OH is 1. The van der Waals surface area contributed by atoms with Crippen LogP contribution in [0, 0.1) is 0 Å². The highest BCUT2D eigenvalue weighted by molar-refractivity contribution is 5.31. The molecule has 1 heterocycles. The molecule has 0 radical (unpaired) electrons. The number of benzene rings is 1. The minimum Gasteiger partial charge on any atom is -0.387 e. The van der Waals surface area contributed by atoms with Crippen molar-refractivity contribution in [3.63, 3.8) is 0 Å². The molecule has 2 rings (SSSR count). The molecule has 2 aromatic rings. The fourth-order valence-electron chi connectivity index (χ4n) is 1.93. The first kappa shape index (κ1) is 12.8. The quantitative estimate of drug-likeness (QED) is 0.846. The molecule has 2 N–H and O–H groups in total. The van der Waals surface area contributed by atoms with Gasteiger partial charge >= 0.3 is 0 Å². The summed E-state index contributed by atoms with van der Waals surface area (Å²) in [6.45, 7) is 4.83. The predicted molar refractivity (Wildman–Crippen MR) is 71.7 cm³/mol. The third-order valence-electron chi connectivity index (χ3n) is 2.96. The summed E-state index contributed by atoms with van der Waals surface area (Å²) >= 11 is 0. The van der Waals surface area contributed by atoms with Crippen molar-refractivity contribution < 1.29 is 5.11 Å². The molecule has 2 atom stereocenters. The zero-order valence-corrected chi connectivity index (χ0v) is 10.7. The largest absolute Gasteiger partial charge is 0.387 e. The first-order valence-electron chi connectivity index (χ1n) is 6.23. The van der Waals surface area contributed by atoms with Crippen LogP contribution in [0.1, 0.15) is 25.5 Å². The Labute approximate surface area is 107 Å². The van der Waals surface area contributed by atoms with Crippen LogP contribution in [0.5, 0.6) is 0 Å². The Morgan fingerprint density at radius 3 is 2.72 bits per heavy atom. The Hall–Kier alpha value is -1.65. The highest BCUT2D eigenvalue weighted by atomic mass is 16.3. The van der Waals surface area contributed by atoms with E-state index in [1.807, 2.05) is 50.4 Å². The van der Waals surface area contributed by atoms with Crippen LogP contribution in [0.15, 0.2) is 42.7 Å². The second kappa shape index (κ2) is 5.80. The highest BCUT2D eigenvalue weighted by Crippen LogP contribution is 2.17. The van der Waals surface area contributed by atoms with Gasteiger partial charge in [0, 0.05) is 17.8 Å². The number of rotatable bonds is 5. The molecule has 0 aliphatic carbocycles. The van der Waals surface area contributed by atoms with Gasteiger partial charge in [-0.2, -0.15) is 5.10 Å². The van der Waals surface area contributed by atoms with Gasteiger partial charge in [-0.05, 0) is 25.6 Å². The van der Waals surface area contributed by atoms with Gasteiger partial charge in [-0.1, -0.05) is 25.1 Å². The lowest BCUT2D eigenvalue weighted by atomic mass is 10.1. The average Bonchev–Trinajstić information content (AvgIpc) is 2.89. The molecule has 4 heteroatoms. The summed E-state index contributed by atoms with van der Waals surface area (Å²) in [4.78, 5) is 0. The van der Waals surface area contributed by atoms with E-state index < -0.39 is 6.10 Å². The normalized spacial score (nSPS) is 14.4. The Morgan fingerprint density at radius 1 is 1.33 bits per heavy atom. The lowest BCUT2D eigenvalue weighted by molar-refractivity contribution is 0.137. The van der Waals surface area contributed by atoms with E-state index in [2.05, 4.69) is 10.4 Å². The molecule has 0 bridgehead atoms. The van der Waals surface area contributed by atoms with E-state index in [9.17, 15) is 5.11 Å². The fraction of sp³-hybridized carbons (Fsp3) is 0.357. The monoisotopic (exact) mass is 245 g/mol. The minimum absolute atomic E-state index is 0.0171. The molecule has 0 spiro atoms. The van der Waals surface area contributed by atoms with Crippen molar-refractivity contribution >= 4 is 0 Å². The summed E-state index contributed by atoms with van der Waals surface area (Å²) in [5.41, 5.74) is 1.82. The SMILES string of the molecule is CCNC(C)C(O)c1cnn(-c2ccccc2)c1. The molecule has 0 aliphatic heterocycles. The molecule has 18 heavy (non-hydrogen) atoms. The molecule has 96 valence electrons. The minimum atomic E-state index is -0.539. The molecular weight excluding hydrogens is 226 g/mol. The molecule has 0 amide bonds. The first-order valence-corrected chi connectivity index (χ1v) is 6.23. The second-order valence-corrected chi connectivity index (χ2v) is 4.34. The van der Waals surface area contributed by atoms with Crippen LogP contribution in [0.3, 0.4) is 0 Å². The molecule has 2 unspecified atom stereocenters. The van der Waals surface area contributed by atoms with E-state index >= 15 is 0 Å². The third-order valence-corrected chi connectivity index (χ3v) is 2.96. The molecule has 0 saturated carbocycles. The van der Waals surface area contributed by atoms with Gasteiger partial charge < -0.3 is 10.4 Å². The van der Waals surface area contributed by atoms with Crippen LogP contribution in [0.4, 0.5) is 0 Å². The number of hydrogen-bond donors (Lipinski definition) is 2. The summed E-state index contributed by atoms with van der Waals surface area (Å²) in [6, 6.07) is 9.88. The van der Waals surface area contributed by atoms with Crippen LogP contribution in [0.25, 0.3) is 5.69 Å². The van der Waals surface area contributed by atoms with Crippen molar-refractivity contribution in [1.29, 1.82) is 0 Å². The Kier molecular flexibility index (Phi) is 4.12. The van der Waals surface area contributed by atoms with Crippen molar-refractivity contribution in [3.05, 3.63) is 48.3 Å². The average molecular weight is 245 g/mol. The second-order valence-electron chi connectivity index (χ2n) is 4.34. The Morgan fingerprint density at radius 2 is 2.06 bits per heavy atom. The number of aliphatic hydroxyl groups is 1. The summed E-state index contributed by atoms with van der Waals surface area (Å²) in [5.74, 6) is 0. The molecule has 1 aromatic carbocycles. The lowest BCUT2D eigenvalue weighted by Crippen LogP contribution is -2.31. The number of likely N-dealkylation sites (N-methyl/N-ethyl adjacent to an activating group) is 1. The van der Waals surface area contributed by atoms with Gasteiger partial charge in [0.2, 0.25) is 0 Å². The van der Waals surface area contributed by atoms with Crippen molar-refractivity contribution in [2.45, 2.75) is 26.0 Å². The van der Waals surface area contributed by atoms with Crippen LogP contribution in [-0.2, 0) is 0 Å². The lowest BCUT2D eigenvalue weighted by Gasteiger charge is -2.17. The number of para-hydroxylation sites is 1. The number of nitrogens with zero attached hydrogens (tertiary/aromatic N) is 2. The number of nitrogens with one attached hydrogen (secondary N) is 1. The van der Waals surface area contributed by atoms with E-state index in [4.69, 9.17) is 0 Å². The van der Waals surface area contributed by atoms with Crippen molar-refractivity contribution in [2.24, 2.45) is 0 Å². The van der Waals surface area contributed by atoms with E-state index in [0.29, 0.717) is 0 Å². The highest BCUT2D eigenvalue weighted by Gasteiger charge is 2.17. The van der Waals surface area contributed by atoms with Gasteiger partial charge in [-0.3, -0.25) is 0 Å². The maximum atomic E-state index is 10.2. The van der Waals surface area contributed by atoms with E-state index in [-0.39, 0.29) is 6.04 Å². The van der Waals surface area contributed by atoms with Crippen LogP contribution in [-0.4, -0.2) is 27.5 Å². The molecule has 0 fully saturated rings. The fourth-order valence-corrected chi connectivity index (χ4v) is 1.93. The summed E-state index contributed by atoms with van der Waals surface area (Å²) in [6.07, 6.45) is 3.04. The van der Waals surface area contributed by atoms with Gasteiger partial charge in [0.25, 0.3) is 0 Å². The van der Waals surface area contributed by atoms with E-state index in [1.165, 1.54) is 0 Å². The number of hydrogen-bond acceptors (Lipinski definition) is 3. The van der Waals surface area contributed by atoms with Crippen LogP contribution >= 0.6 is 0 Å². The van der Waals surface area contributed by atoms with E-state index in [1.54, 1.807) is 10.9 Å². The third kappa shape index (κ3) is 2.78. The molecular formula is C14H19N3O. The van der Waals surface area contributed by atoms with Gasteiger partial charge in [-0.15, -0.1) is 0 Å². The molecule has 0 aliphatic rings. The van der Waals surface area contributed by atoms with Crippen molar-refractivity contribution in [2.75, 3.05) is 6.54 Å². The van der Waals surface area contributed by atoms with Crippen molar-refractivity contribution in [1.82, 2.24) is 15.1 Å². The molecule has 1 aromatic heterocycles. The summed E-state index contributed by atoms with van der Waals surface area (Å²) in [5, 5.41) is 17.6. The topological polar surface area (TPSA) is 50.1 Å². The van der Waals surface area contributed by atoms with Crippen LogP contribution < -0.4 is 5.32 Å². The van der Waals surface area contributed by atoms with Gasteiger partial charge in [0.15, 0.2) is 0 Å². The maximum absolute atomic E-state index is 10.2. The Bertz CT molecular complexity index is 481. The maximum Gasteiger partial charge on any atom is 0.0970 e. The zero-order chi connectivity index (χ0) is 13.0. The van der Waals surface area contributed by atoms with Crippen LogP contribution in [0.2, 0.25) is 0 Å².